The molecule has 0 aromatic carbocycles. The van der Waals surface area contributed by atoms with Crippen molar-refractivity contribution in [3.05, 3.63) is 0 Å². The lowest BCUT2D eigenvalue weighted by molar-refractivity contribution is -0.140. The number of carbonyl (C=O) groups is 2. The average Bonchev–Trinajstić information content (AvgIpc) is 2.80. The number of carboxylic acids is 1. The van der Waals surface area contributed by atoms with Gasteiger partial charge in [-0.3, -0.25) is 9.59 Å². The predicted octanol–water partition coefficient (Wildman–Crippen LogP) is -0.388. The number of carbonyl (C=O) groups excluding carboxylic acids is 1. The number of aliphatic carboxylic acids is 1. The van der Waals surface area contributed by atoms with E-state index in [1.54, 1.807) is 0 Å². The number of nitrogens with one attached hydrogen (secondary N) is 1. The quantitative estimate of drug-likeness (QED) is 0.649. The molecule has 0 aromatic heterocycles. The van der Waals surface area contributed by atoms with E-state index in [9.17, 15) is 9.59 Å². The van der Waals surface area contributed by atoms with Crippen molar-refractivity contribution in [2.45, 2.75) is 18.9 Å². The molecule has 1 aliphatic heterocycles. The minimum absolute atomic E-state index is 0.0811. The van der Waals surface area contributed by atoms with Crippen molar-refractivity contribution in [2.24, 2.45) is 11.8 Å². The maximum Gasteiger partial charge on any atom is 0.307 e. The lowest BCUT2D eigenvalue weighted by Crippen LogP contribution is -2.36. The van der Waals surface area contributed by atoms with Gasteiger partial charge >= 0.3 is 5.97 Å². The fraction of sp³-hybridized carbons (Fsp3) is 0.778. The molecule has 78 valence electrons. The standard InChI is InChI=1S/C9H13NO4/c11-8(6-3-7(6)9(12)13)10-5-1-2-14-4-5/h5-7H,1-4H2,(H,10,11)(H,12,13)/t5?,6-,7+/m1/s1. The number of amides is 1. The number of rotatable bonds is 3. The molecule has 2 fully saturated rings. The fourth-order valence-electron chi connectivity index (χ4n) is 1.71. The van der Waals surface area contributed by atoms with E-state index in [1.165, 1.54) is 0 Å². The molecule has 0 bridgehead atoms. The summed E-state index contributed by atoms with van der Waals surface area (Å²) in [5.74, 6) is -1.77. The van der Waals surface area contributed by atoms with E-state index in [4.69, 9.17) is 9.84 Å². The van der Waals surface area contributed by atoms with Crippen LogP contribution in [0.5, 0.6) is 0 Å². The lowest BCUT2D eigenvalue weighted by Gasteiger charge is -2.09. The fourth-order valence-corrected chi connectivity index (χ4v) is 1.71. The van der Waals surface area contributed by atoms with Gasteiger partial charge in [0.2, 0.25) is 5.91 Å². The molecule has 2 rings (SSSR count). The van der Waals surface area contributed by atoms with Crippen LogP contribution in [-0.4, -0.2) is 36.2 Å². The van der Waals surface area contributed by atoms with Crippen molar-refractivity contribution in [2.75, 3.05) is 13.2 Å². The first-order chi connectivity index (χ1) is 6.68. The van der Waals surface area contributed by atoms with E-state index < -0.39 is 11.9 Å². The molecule has 0 aromatic rings. The summed E-state index contributed by atoms with van der Waals surface area (Å²) in [7, 11) is 0. The average molecular weight is 199 g/mol. The topological polar surface area (TPSA) is 75.6 Å². The first-order valence-electron chi connectivity index (χ1n) is 4.79. The Morgan fingerprint density at radius 2 is 2.14 bits per heavy atom. The molecule has 1 heterocycles. The van der Waals surface area contributed by atoms with Gasteiger partial charge in [-0.15, -0.1) is 0 Å². The number of hydrogen-bond acceptors (Lipinski definition) is 3. The zero-order valence-corrected chi connectivity index (χ0v) is 7.73. The van der Waals surface area contributed by atoms with Gasteiger partial charge in [-0.2, -0.15) is 0 Å². The van der Waals surface area contributed by atoms with Crippen molar-refractivity contribution in [3.63, 3.8) is 0 Å². The van der Waals surface area contributed by atoms with Crippen LogP contribution in [0.4, 0.5) is 0 Å². The molecule has 1 aliphatic carbocycles. The molecule has 0 radical (unpaired) electrons. The third-order valence-corrected chi connectivity index (χ3v) is 2.72. The van der Waals surface area contributed by atoms with Gasteiger partial charge in [0.05, 0.1) is 24.5 Å². The van der Waals surface area contributed by atoms with E-state index in [-0.39, 0.29) is 17.9 Å². The highest BCUT2D eigenvalue weighted by Crippen LogP contribution is 2.38. The largest absolute Gasteiger partial charge is 0.481 e. The van der Waals surface area contributed by atoms with Crippen LogP contribution in [0.15, 0.2) is 0 Å². The predicted molar refractivity (Wildman–Crippen MR) is 46.6 cm³/mol. The number of ether oxygens (including phenoxy) is 1. The van der Waals surface area contributed by atoms with Crippen LogP contribution in [-0.2, 0) is 14.3 Å². The summed E-state index contributed by atoms with van der Waals surface area (Å²) in [6.45, 7) is 1.23. The first kappa shape index (κ1) is 9.45. The highest BCUT2D eigenvalue weighted by Gasteiger charge is 2.48. The number of hydrogen-bond donors (Lipinski definition) is 2. The molecule has 0 spiro atoms. The van der Waals surface area contributed by atoms with Gasteiger partial charge < -0.3 is 15.2 Å². The first-order valence-corrected chi connectivity index (χ1v) is 4.79. The van der Waals surface area contributed by atoms with Crippen LogP contribution in [0.1, 0.15) is 12.8 Å². The third kappa shape index (κ3) is 1.87. The lowest BCUT2D eigenvalue weighted by atomic mass is 10.2. The van der Waals surface area contributed by atoms with Crippen molar-refractivity contribution in [3.8, 4) is 0 Å². The summed E-state index contributed by atoms with van der Waals surface area (Å²) < 4.78 is 5.10. The van der Waals surface area contributed by atoms with Gasteiger partial charge in [0.15, 0.2) is 0 Å². The molecular weight excluding hydrogens is 186 g/mol. The Morgan fingerprint density at radius 1 is 1.36 bits per heavy atom. The second-order valence-electron chi connectivity index (χ2n) is 3.86. The Kier molecular flexibility index (Phi) is 2.41. The van der Waals surface area contributed by atoms with Gasteiger partial charge in [0.25, 0.3) is 0 Å². The van der Waals surface area contributed by atoms with E-state index in [0.29, 0.717) is 19.6 Å². The van der Waals surface area contributed by atoms with Gasteiger partial charge in [-0.25, -0.2) is 0 Å². The van der Waals surface area contributed by atoms with Crippen LogP contribution >= 0.6 is 0 Å². The van der Waals surface area contributed by atoms with Crippen LogP contribution in [0.2, 0.25) is 0 Å². The van der Waals surface area contributed by atoms with Gasteiger partial charge in [-0.1, -0.05) is 0 Å². The van der Waals surface area contributed by atoms with E-state index in [2.05, 4.69) is 5.32 Å². The molecule has 5 heteroatoms. The Balaban J connectivity index is 1.77. The zero-order chi connectivity index (χ0) is 10.1. The maximum atomic E-state index is 11.4. The minimum Gasteiger partial charge on any atom is -0.481 e. The molecule has 14 heavy (non-hydrogen) atoms. The summed E-state index contributed by atoms with van der Waals surface area (Å²) in [6.07, 6.45) is 1.31. The zero-order valence-electron chi connectivity index (χ0n) is 7.73. The molecular formula is C9H13NO4. The molecule has 1 saturated carbocycles. The van der Waals surface area contributed by atoms with Gasteiger partial charge in [-0.05, 0) is 12.8 Å². The van der Waals surface area contributed by atoms with Crippen LogP contribution < -0.4 is 5.32 Å². The SMILES string of the molecule is O=C(O)[C@H]1C[C@H]1C(=O)NC1CCOC1. The van der Waals surface area contributed by atoms with Crippen molar-refractivity contribution in [1.82, 2.24) is 5.32 Å². The normalized spacial score (nSPS) is 35.3. The Labute approximate surface area is 81.4 Å². The van der Waals surface area contributed by atoms with Crippen LogP contribution in [0, 0.1) is 11.8 Å². The number of carboxylic acid groups (broad SMARTS) is 1. The summed E-state index contributed by atoms with van der Waals surface area (Å²) in [4.78, 5) is 22.0. The Hall–Kier alpha value is -1.10. The van der Waals surface area contributed by atoms with Gasteiger partial charge in [0.1, 0.15) is 0 Å². The molecule has 1 unspecified atom stereocenters. The smallest absolute Gasteiger partial charge is 0.307 e. The second-order valence-corrected chi connectivity index (χ2v) is 3.86. The third-order valence-electron chi connectivity index (χ3n) is 2.72. The molecule has 2 N–H and O–H groups in total. The van der Waals surface area contributed by atoms with Crippen molar-refractivity contribution < 1.29 is 19.4 Å². The molecule has 1 saturated heterocycles. The van der Waals surface area contributed by atoms with E-state index in [0.717, 1.165) is 6.42 Å². The summed E-state index contributed by atoms with van der Waals surface area (Å²) >= 11 is 0. The van der Waals surface area contributed by atoms with E-state index in [1.807, 2.05) is 0 Å². The maximum absolute atomic E-state index is 11.4. The molecule has 5 nitrogen and oxygen atoms in total. The highest BCUT2D eigenvalue weighted by molar-refractivity contribution is 5.89. The Morgan fingerprint density at radius 3 is 2.64 bits per heavy atom. The Bertz CT molecular complexity index is 260. The summed E-state index contributed by atoms with van der Waals surface area (Å²) in [5, 5.41) is 11.4. The molecule has 2 aliphatic rings. The highest BCUT2D eigenvalue weighted by atomic mass is 16.5. The van der Waals surface area contributed by atoms with Crippen LogP contribution in [0.3, 0.4) is 0 Å². The monoisotopic (exact) mass is 199 g/mol. The van der Waals surface area contributed by atoms with Crippen LogP contribution in [0.25, 0.3) is 0 Å². The van der Waals surface area contributed by atoms with Gasteiger partial charge in [0, 0.05) is 6.61 Å². The van der Waals surface area contributed by atoms with Crippen molar-refractivity contribution in [1.29, 1.82) is 0 Å². The second kappa shape index (κ2) is 3.57. The minimum atomic E-state index is -0.868. The van der Waals surface area contributed by atoms with Crippen molar-refractivity contribution >= 4 is 11.9 Å². The molecule has 3 atom stereocenters. The molecule has 1 amide bonds. The van der Waals surface area contributed by atoms with E-state index >= 15 is 0 Å². The summed E-state index contributed by atoms with van der Waals surface area (Å²) in [6, 6.07) is 0.0811. The summed E-state index contributed by atoms with van der Waals surface area (Å²) in [5.41, 5.74) is 0.